The predicted molar refractivity (Wildman–Crippen MR) is 103 cm³/mol. The largest absolute Gasteiger partial charge is 0.355 e. The molecule has 1 aliphatic rings. The first-order chi connectivity index (χ1) is 9.59. The highest BCUT2D eigenvalue weighted by molar-refractivity contribution is 7.99. The predicted octanol–water partition coefficient (Wildman–Crippen LogP) is 2.41. The Labute approximate surface area is 152 Å². The molecule has 22 heavy (non-hydrogen) atoms. The Morgan fingerprint density at radius 3 is 2.36 bits per heavy atom. The summed E-state index contributed by atoms with van der Waals surface area (Å²) >= 11 is 1.74. The second-order valence-corrected chi connectivity index (χ2v) is 7.02. The molecule has 1 fully saturated rings. The third-order valence-corrected chi connectivity index (χ3v) is 5.14. The molecule has 0 aromatic rings. The van der Waals surface area contributed by atoms with Crippen molar-refractivity contribution in [2.75, 3.05) is 50.8 Å². The highest BCUT2D eigenvalue weighted by Gasteiger charge is 2.26. The lowest BCUT2D eigenvalue weighted by atomic mass is 9.81. The molecule has 1 saturated heterocycles. The zero-order valence-corrected chi connectivity index (χ0v) is 16.6. The second-order valence-electron chi connectivity index (χ2n) is 5.92. The minimum absolute atomic E-state index is 0. The number of halogens is 2. The van der Waals surface area contributed by atoms with Gasteiger partial charge in [0.15, 0.2) is 0 Å². The van der Waals surface area contributed by atoms with Crippen LogP contribution in [0.3, 0.4) is 0 Å². The number of hydrogen-bond acceptors (Lipinski definition) is 4. The third-order valence-electron chi connectivity index (χ3n) is 4.20. The van der Waals surface area contributed by atoms with Gasteiger partial charge in [0.05, 0.1) is 5.75 Å². The Bertz CT molecular complexity index is 286. The normalized spacial score (nSPS) is 16.5. The Morgan fingerprint density at radius 2 is 1.82 bits per heavy atom. The van der Waals surface area contributed by atoms with Crippen LogP contribution in [0.5, 0.6) is 0 Å². The lowest BCUT2D eigenvalue weighted by Crippen LogP contribution is -2.43. The van der Waals surface area contributed by atoms with Gasteiger partial charge in [0.25, 0.3) is 0 Å². The molecule has 7 heteroatoms. The number of carbonyl (C=O) groups excluding carboxylic acids is 1. The highest BCUT2D eigenvalue weighted by atomic mass is 35.5. The first-order valence-corrected chi connectivity index (χ1v) is 9.02. The van der Waals surface area contributed by atoms with Gasteiger partial charge in [0, 0.05) is 18.8 Å². The fourth-order valence-electron chi connectivity index (χ4n) is 2.47. The van der Waals surface area contributed by atoms with Crippen LogP contribution in [-0.2, 0) is 4.79 Å². The zero-order valence-electron chi connectivity index (χ0n) is 14.2. The average molecular weight is 374 g/mol. The molecule has 4 nitrogen and oxygen atoms in total. The van der Waals surface area contributed by atoms with Gasteiger partial charge in [-0.3, -0.25) is 4.79 Å². The van der Waals surface area contributed by atoms with E-state index < -0.39 is 0 Å². The molecule has 0 saturated carbocycles. The summed E-state index contributed by atoms with van der Waals surface area (Å²) in [6.45, 7) is 12.9. The van der Waals surface area contributed by atoms with Crippen LogP contribution in [0.25, 0.3) is 0 Å². The van der Waals surface area contributed by atoms with E-state index in [1.54, 1.807) is 11.8 Å². The van der Waals surface area contributed by atoms with E-state index in [0.29, 0.717) is 5.75 Å². The van der Waals surface area contributed by atoms with Crippen molar-refractivity contribution >= 4 is 42.5 Å². The lowest BCUT2D eigenvalue weighted by Gasteiger charge is -2.34. The fraction of sp³-hybridized carbons (Fsp3) is 0.933. The van der Waals surface area contributed by atoms with Gasteiger partial charge >= 0.3 is 0 Å². The molecule has 134 valence electrons. The summed E-state index contributed by atoms with van der Waals surface area (Å²) in [5.41, 5.74) is 0.285. The Kier molecular flexibility index (Phi) is 15.3. The molecule has 2 N–H and O–H groups in total. The summed E-state index contributed by atoms with van der Waals surface area (Å²) in [6.07, 6.45) is 2.31. The number of carbonyl (C=O) groups is 1. The summed E-state index contributed by atoms with van der Waals surface area (Å²) in [6, 6.07) is 0. The maximum absolute atomic E-state index is 11.9. The van der Waals surface area contributed by atoms with E-state index >= 15 is 0 Å². The molecule has 0 spiro atoms. The Hall–Kier alpha value is 0.320. The number of rotatable bonds is 9. The molecule has 0 bridgehead atoms. The number of nitrogens with one attached hydrogen (secondary N) is 2. The summed E-state index contributed by atoms with van der Waals surface area (Å²) in [7, 11) is 0. The third kappa shape index (κ3) is 10.2. The molecule has 0 aromatic carbocycles. The van der Waals surface area contributed by atoms with Crippen LogP contribution in [-0.4, -0.2) is 61.6 Å². The van der Waals surface area contributed by atoms with E-state index in [9.17, 15) is 4.79 Å². The zero-order chi connectivity index (χ0) is 14.8. The van der Waals surface area contributed by atoms with E-state index in [0.717, 1.165) is 57.9 Å². The molecular weight excluding hydrogens is 341 g/mol. The van der Waals surface area contributed by atoms with Crippen molar-refractivity contribution in [3.05, 3.63) is 0 Å². The van der Waals surface area contributed by atoms with Crippen molar-refractivity contribution in [1.82, 2.24) is 15.5 Å². The van der Waals surface area contributed by atoms with Crippen molar-refractivity contribution < 1.29 is 4.79 Å². The van der Waals surface area contributed by atoms with Crippen molar-refractivity contribution in [3.8, 4) is 0 Å². The molecule has 0 aliphatic carbocycles. The van der Waals surface area contributed by atoms with Crippen molar-refractivity contribution in [2.45, 2.75) is 33.6 Å². The minimum atomic E-state index is 0. The van der Waals surface area contributed by atoms with Gasteiger partial charge < -0.3 is 15.5 Å². The smallest absolute Gasteiger partial charge is 0.230 e. The highest BCUT2D eigenvalue weighted by Crippen LogP contribution is 2.26. The molecule has 1 rings (SSSR count). The van der Waals surface area contributed by atoms with Crippen molar-refractivity contribution in [3.63, 3.8) is 0 Å². The van der Waals surface area contributed by atoms with E-state index in [-0.39, 0.29) is 36.1 Å². The first kappa shape index (κ1) is 24.6. The van der Waals surface area contributed by atoms with Gasteiger partial charge in [-0.1, -0.05) is 20.8 Å². The molecule has 0 unspecified atom stereocenters. The van der Waals surface area contributed by atoms with Gasteiger partial charge in [-0.15, -0.1) is 24.8 Å². The fourth-order valence-corrected chi connectivity index (χ4v) is 3.29. The molecule has 1 heterocycles. The van der Waals surface area contributed by atoms with E-state index in [2.05, 4.69) is 36.3 Å². The van der Waals surface area contributed by atoms with E-state index in [1.807, 2.05) is 0 Å². The standard InChI is InChI=1S/C15H31N3OS.2ClH/c1-4-18(5-2)10-11-20-12-14(19)17-13-15(3)6-8-16-9-7-15;;/h16H,4-13H2,1-3H3,(H,17,19);2*1H. The van der Waals surface area contributed by atoms with Crippen LogP contribution in [0.2, 0.25) is 0 Å². The minimum Gasteiger partial charge on any atom is -0.355 e. The second kappa shape index (κ2) is 13.7. The monoisotopic (exact) mass is 373 g/mol. The Morgan fingerprint density at radius 1 is 1.23 bits per heavy atom. The van der Waals surface area contributed by atoms with E-state index in [1.165, 1.54) is 0 Å². The number of thioether (sulfide) groups is 1. The molecule has 1 amide bonds. The van der Waals surface area contributed by atoms with Crippen LogP contribution in [0.1, 0.15) is 33.6 Å². The number of amides is 1. The summed E-state index contributed by atoms with van der Waals surface area (Å²) in [4.78, 5) is 14.2. The van der Waals surface area contributed by atoms with Gasteiger partial charge in [-0.25, -0.2) is 0 Å². The van der Waals surface area contributed by atoms with Crippen molar-refractivity contribution in [1.29, 1.82) is 0 Å². The SMILES string of the molecule is CCN(CC)CCSCC(=O)NCC1(C)CCNCC1.Cl.Cl. The van der Waals surface area contributed by atoms with E-state index in [4.69, 9.17) is 0 Å². The average Bonchev–Trinajstić information content (AvgIpc) is 2.46. The quantitative estimate of drug-likeness (QED) is 0.609. The molecule has 1 aliphatic heterocycles. The number of hydrogen-bond donors (Lipinski definition) is 2. The van der Waals surface area contributed by atoms with Gasteiger partial charge in [-0.05, 0) is 44.4 Å². The van der Waals surface area contributed by atoms with Crippen LogP contribution >= 0.6 is 36.6 Å². The van der Waals surface area contributed by atoms with Crippen LogP contribution in [0.15, 0.2) is 0 Å². The summed E-state index contributed by atoms with van der Waals surface area (Å²) in [5.74, 6) is 1.82. The van der Waals surface area contributed by atoms with Gasteiger partial charge in [0.1, 0.15) is 0 Å². The topological polar surface area (TPSA) is 44.4 Å². The molecular formula is C15H33Cl2N3OS. The van der Waals surface area contributed by atoms with Gasteiger partial charge in [-0.2, -0.15) is 11.8 Å². The number of piperidine rings is 1. The lowest BCUT2D eigenvalue weighted by molar-refractivity contribution is -0.119. The van der Waals surface area contributed by atoms with Crippen molar-refractivity contribution in [2.24, 2.45) is 5.41 Å². The van der Waals surface area contributed by atoms with Crippen LogP contribution < -0.4 is 10.6 Å². The molecule has 0 atom stereocenters. The van der Waals surface area contributed by atoms with Gasteiger partial charge in [0.2, 0.25) is 5.91 Å². The maximum atomic E-state index is 11.9. The summed E-state index contributed by atoms with van der Waals surface area (Å²) < 4.78 is 0. The maximum Gasteiger partial charge on any atom is 0.230 e. The molecule has 0 radical (unpaired) electrons. The van der Waals surface area contributed by atoms with Crippen LogP contribution in [0.4, 0.5) is 0 Å². The first-order valence-electron chi connectivity index (χ1n) is 7.87. The number of nitrogens with zero attached hydrogens (tertiary/aromatic N) is 1. The Balaban J connectivity index is 0. The molecule has 0 aromatic heterocycles. The summed E-state index contributed by atoms with van der Waals surface area (Å²) in [5, 5.41) is 6.48. The van der Waals surface area contributed by atoms with Crippen LogP contribution in [0, 0.1) is 5.41 Å².